The first-order valence-electron chi connectivity index (χ1n) is 8.61. The SMILES string of the molecule is CC(C)NC(=O)Nc1ccc(CNC(=O)NCCc2ccccn2)cc1. The average molecular weight is 355 g/mol. The predicted molar refractivity (Wildman–Crippen MR) is 102 cm³/mol. The van der Waals surface area contributed by atoms with Gasteiger partial charge in [0.25, 0.3) is 0 Å². The highest BCUT2D eigenvalue weighted by Crippen LogP contribution is 2.09. The van der Waals surface area contributed by atoms with Gasteiger partial charge in [0.1, 0.15) is 0 Å². The van der Waals surface area contributed by atoms with Crippen LogP contribution in [0, 0.1) is 0 Å². The number of benzene rings is 1. The number of amides is 4. The third kappa shape index (κ3) is 7.21. The van der Waals surface area contributed by atoms with Crippen LogP contribution in [0.4, 0.5) is 15.3 Å². The van der Waals surface area contributed by atoms with Crippen molar-refractivity contribution in [1.82, 2.24) is 20.9 Å². The zero-order valence-electron chi connectivity index (χ0n) is 15.1. The Bertz CT molecular complexity index is 702. The van der Waals surface area contributed by atoms with Gasteiger partial charge in [-0.25, -0.2) is 9.59 Å². The second-order valence-electron chi connectivity index (χ2n) is 6.13. The van der Waals surface area contributed by atoms with Gasteiger partial charge in [-0.1, -0.05) is 18.2 Å². The van der Waals surface area contributed by atoms with Crippen molar-refractivity contribution in [1.29, 1.82) is 0 Å². The summed E-state index contributed by atoms with van der Waals surface area (Å²) in [6.45, 7) is 4.73. The van der Waals surface area contributed by atoms with E-state index in [-0.39, 0.29) is 18.1 Å². The normalized spacial score (nSPS) is 10.3. The molecule has 1 aromatic carbocycles. The molecule has 0 atom stereocenters. The van der Waals surface area contributed by atoms with Crippen LogP contribution < -0.4 is 21.3 Å². The van der Waals surface area contributed by atoms with Crippen molar-refractivity contribution < 1.29 is 9.59 Å². The molecule has 0 aliphatic rings. The number of pyridine rings is 1. The highest BCUT2D eigenvalue weighted by atomic mass is 16.2. The van der Waals surface area contributed by atoms with E-state index in [2.05, 4.69) is 26.3 Å². The molecule has 0 spiro atoms. The fourth-order valence-electron chi connectivity index (χ4n) is 2.23. The smallest absolute Gasteiger partial charge is 0.319 e. The van der Waals surface area contributed by atoms with Crippen molar-refractivity contribution in [2.24, 2.45) is 0 Å². The molecule has 0 unspecified atom stereocenters. The first-order chi connectivity index (χ1) is 12.5. The first-order valence-corrected chi connectivity index (χ1v) is 8.61. The molecule has 1 aromatic heterocycles. The largest absolute Gasteiger partial charge is 0.338 e. The Kier molecular flexibility index (Phi) is 7.42. The minimum atomic E-state index is -0.238. The van der Waals surface area contributed by atoms with Crippen LogP contribution in [0.15, 0.2) is 48.7 Å². The average Bonchev–Trinajstić information content (AvgIpc) is 2.61. The summed E-state index contributed by atoms with van der Waals surface area (Å²) in [7, 11) is 0. The number of rotatable bonds is 7. The number of nitrogens with zero attached hydrogens (tertiary/aromatic N) is 1. The molecule has 0 fully saturated rings. The molecule has 2 rings (SSSR count). The fraction of sp³-hybridized carbons (Fsp3) is 0.316. The third-order valence-electron chi connectivity index (χ3n) is 3.48. The maximum absolute atomic E-state index is 11.8. The topological polar surface area (TPSA) is 95.2 Å². The van der Waals surface area contributed by atoms with Gasteiger partial charge in [-0.05, 0) is 43.7 Å². The van der Waals surface area contributed by atoms with E-state index < -0.39 is 0 Å². The molecular formula is C19H25N5O2. The van der Waals surface area contributed by atoms with Gasteiger partial charge in [0.15, 0.2) is 0 Å². The molecule has 2 aromatic rings. The summed E-state index contributed by atoms with van der Waals surface area (Å²) in [6.07, 6.45) is 2.42. The van der Waals surface area contributed by atoms with Crippen molar-refractivity contribution in [3.8, 4) is 0 Å². The summed E-state index contributed by atoms with van der Waals surface area (Å²) >= 11 is 0. The van der Waals surface area contributed by atoms with Crippen molar-refractivity contribution >= 4 is 17.7 Å². The molecule has 4 amide bonds. The van der Waals surface area contributed by atoms with Gasteiger partial charge < -0.3 is 21.3 Å². The van der Waals surface area contributed by atoms with Crippen molar-refractivity contribution in [2.75, 3.05) is 11.9 Å². The van der Waals surface area contributed by atoms with E-state index in [1.807, 2.05) is 44.2 Å². The molecule has 1 heterocycles. The van der Waals surface area contributed by atoms with Crippen LogP contribution in [0.5, 0.6) is 0 Å². The van der Waals surface area contributed by atoms with Crippen LogP contribution in [0.1, 0.15) is 25.1 Å². The molecule has 0 radical (unpaired) electrons. The van der Waals surface area contributed by atoms with Gasteiger partial charge in [-0.15, -0.1) is 0 Å². The Hall–Kier alpha value is -3.09. The minimum Gasteiger partial charge on any atom is -0.338 e. The summed E-state index contributed by atoms with van der Waals surface area (Å²) < 4.78 is 0. The van der Waals surface area contributed by atoms with Crippen LogP contribution in [-0.4, -0.2) is 29.6 Å². The Morgan fingerprint density at radius 1 is 1.00 bits per heavy atom. The summed E-state index contributed by atoms with van der Waals surface area (Å²) in [6, 6.07) is 12.7. The number of hydrogen-bond acceptors (Lipinski definition) is 3. The molecule has 0 aliphatic heterocycles. The van der Waals surface area contributed by atoms with Gasteiger partial charge >= 0.3 is 12.1 Å². The summed E-state index contributed by atoms with van der Waals surface area (Å²) in [4.78, 5) is 27.7. The lowest BCUT2D eigenvalue weighted by atomic mass is 10.2. The lowest BCUT2D eigenvalue weighted by Gasteiger charge is -2.11. The quantitative estimate of drug-likeness (QED) is 0.615. The van der Waals surface area contributed by atoms with Crippen LogP contribution in [0.25, 0.3) is 0 Å². The Balaban J connectivity index is 1.68. The van der Waals surface area contributed by atoms with E-state index in [9.17, 15) is 9.59 Å². The van der Waals surface area contributed by atoms with Crippen molar-refractivity contribution in [3.63, 3.8) is 0 Å². The molecule has 7 heteroatoms. The van der Waals surface area contributed by atoms with Crippen LogP contribution in [-0.2, 0) is 13.0 Å². The zero-order valence-corrected chi connectivity index (χ0v) is 15.1. The third-order valence-corrected chi connectivity index (χ3v) is 3.48. The lowest BCUT2D eigenvalue weighted by molar-refractivity contribution is 0.240. The molecule has 7 nitrogen and oxygen atoms in total. The van der Waals surface area contributed by atoms with Gasteiger partial charge in [0.05, 0.1) is 0 Å². The molecule has 0 bridgehead atoms. The van der Waals surface area contributed by atoms with E-state index in [1.165, 1.54) is 0 Å². The molecule has 4 N–H and O–H groups in total. The van der Waals surface area contributed by atoms with Crippen LogP contribution in [0.3, 0.4) is 0 Å². The maximum atomic E-state index is 11.8. The number of nitrogens with one attached hydrogen (secondary N) is 4. The number of carbonyl (C=O) groups excluding carboxylic acids is 2. The van der Waals surface area contributed by atoms with E-state index in [1.54, 1.807) is 18.3 Å². The summed E-state index contributed by atoms with van der Waals surface area (Å²) in [5.74, 6) is 0. The van der Waals surface area contributed by atoms with Crippen LogP contribution in [0.2, 0.25) is 0 Å². The fourth-order valence-corrected chi connectivity index (χ4v) is 2.23. The number of anilines is 1. The maximum Gasteiger partial charge on any atom is 0.319 e. The van der Waals surface area contributed by atoms with Crippen molar-refractivity contribution in [2.45, 2.75) is 32.9 Å². The number of aromatic nitrogens is 1. The first kappa shape index (κ1) is 19.2. The number of carbonyl (C=O) groups is 2. The summed E-state index contributed by atoms with van der Waals surface area (Å²) in [5, 5.41) is 11.1. The highest BCUT2D eigenvalue weighted by Gasteiger charge is 2.04. The summed E-state index contributed by atoms with van der Waals surface area (Å²) in [5.41, 5.74) is 2.59. The molecular weight excluding hydrogens is 330 g/mol. The van der Waals surface area contributed by atoms with Gasteiger partial charge in [0.2, 0.25) is 0 Å². The van der Waals surface area contributed by atoms with E-state index in [0.29, 0.717) is 25.2 Å². The Labute approximate surface area is 153 Å². The zero-order chi connectivity index (χ0) is 18.8. The number of hydrogen-bond donors (Lipinski definition) is 4. The van der Waals surface area contributed by atoms with Crippen molar-refractivity contribution in [3.05, 3.63) is 59.9 Å². The molecule has 0 saturated heterocycles. The monoisotopic (exact) mass is 355 g/mol. The Morgan fingerprint density at radius 3 is 2.42 bits per heavy atom. The standard InChI is InChI=1S/C19H25N5O2/c1-14(2)23-19(26)24-17-8-6-15(7-9-17)13-22-18(25)21-12-10-16-5-3-4-11-20-16/h3-9,11,14H,10,12-13H2,1-2H3,(H2,21,22,25)(H2,23,24,26). The second-order valence-corrected chi connectivity index (χ2v) is 6.13. The predicted octanol–water partition coefficient (Wildman–Crippen LogP) is 2.65. The van der Waals surface area contributed by atoms with Gasteiger partial charge in [-0.2, -0.15) is 0 Å². The molecule has 0 saturated carbocycles. The van der Waals surface area contributed by atoms with Gasteiger partial charge in [0, 0.05) is 43.1 Å². The highest BCUT2D eigenvalue weighted by molar-refractivity contribution is 5.89. The molecule has 138 valence electrons. The minimum absolute atomic E-state index is 0.0784. The second kappa shape index (κ2) is 10.0. The molecule has 0 aliphatic carbocycles. The molecule has 26 heavy (non-hydrogen) atoms. The van der Waals surface area contributed by atoms with Gasteiger partial charge in [-0.3, -0.25) is 4.98 Å². The van der Waals surface area contributed by atoms with E-state index in [0.717, 1.165) is 11.3 Å². The lowest BCUT2D eigenvalue weighted by Crippen LogP contribution is -2.36. The van der Waals surface area contributed by atoms with Crippen LogP contribution >= 0.6 is 0 Å². The number of urea groups is 2. The van der Waals surface area contributed by atoms with E-state index >= 15 is 0 Å². The van der Waals surface area contributed by atoms with E-state index in [4.69, 9.17) is 0 Å². The Morgan fingerprint density at radius 2 is 1.77 bits per heavy atom.